The molecule has 0 spiro atoms. The monoisotopic (exact) mass is 352 g/mol. The van der Waals surface area contributed by atoms with Gasteiger partial charge in [-0.15, -0.1) is 0 Å². The van der Waals surface area contributed by atoms with Gasteiger partial charge in [0.2, 0.25) is 5.43 Å². The van der Waals surface area contributed by atoms with Crippen LogP contribution < -0.4 is 10.9 Å². The van der Waals surface area contributed by atoms with Gasteiger partial charge in [-0.25, -0.2) is 5.43 Å². The zero-order valence-corrected chi connectivity index (χ0v) is 15.5. The minimum absolute atomic E-state index is 0.0289. The van der Waals surface area contributed by atoms with Crippen molar-refractivity contribution < 1.29 is 4.79 Å². The summed E-state index contributed by atoms with van der Waals surface area (Å²) in [5.41, 5.74) is 4.61. The van der Waals surface area contributed by atoms with Gasteiger partial charge in [0, 0.05) is 16.5 Å². The number of carbonyl (C=O) groups is 1. The Bertz CT molecular complexity index is 975. The second-order valence-electron chi connectivity index (χ2n) is 8.27. The molecule has 1 N–H and O–H groups in total. The van der Waals surface area contributed by atoms with Crippen LogP contribution in [0.15, 0.2) is 40.4 Å². The summed E-state index contributed by atoms with van der Waals surface area (Å²) in [7, 11) is 0. The lowest BCUT2D eigenvalue weighted by molar-refractivity contribution is -0.121. The van der Waals surface area contributed by atoms with Gasteiger partial charge < -0.3 is 0 Å². The van der Waals surface area contributed by atoms with E-state index in [0.717, 1.165) is 18.6 Å². The summed E-state index contributed by atoms with van der Waals surface area (Å²) in [5, 5.41) is 9.14. The summed E-state index contributed by atoms with van der Waals surface area (Å²) < 4.78 is 1.54. The van der Waals surface area contributed by atoms with E-state index in [1.54, 1.807) is 22.9 Å². The van der Waals surface area contributed by atoms with E-state index < -0.39 is 0 Å². The molecule has 2 saturated carbocycles. The molecule has 2 aliphatic carbocycles. The summed E-state index contributed by atoms with van der Waals surface area (Å²) in [6.45, 7) is 6.92. The highest BCUT2D eigenvalue weighted by molar-refractivity contribution is 5.95. The maximum Gasteiger partial charge on any atom is 0.261 e. The van der Waals surface area contributed by atoms with Crippen molar-refractivity contribution in [2.45, 2.75) is 46.6 Å². The van der Waals surface area contributed by atoms with Crippen LogP contribution in [0.2, 0.25) is 0 Å². The molecule has 1 aromatic carbocycles. The van der Waals surface area contributed by atoms with Crippen molar-refractivity contribution in [1.82, 2.24) is 15.2 Å². The second kappa shape index (κ2) is 5.76. The summed E-state index contributed by atoms with van der Waals surface area (Å²) in [5.74, 6) is 0.413. The van der Waals surface area contributed by atoms with Gasteiger partial charge in [-0.3, -0.25) is 14.3 Å². The molecule has 136 valence electrons. The number of hydrazone groups is 1. The molecule has 6 heteroatoms. The largest absolute Gasteiger partial charge is 0.287 e. The number of amides is 1. The highest BCUT2D eigenvalue weighted by Gasteiger charge is 2.59. The molecule has 2 aromatic rings. The third-order valence-electron chi connectivity index (χ3n) is 6.88. The third kappa shape index (κ3) is 2.39. The molecule has 0 unspecified atom stereocenters. The van der Waals surface area contributed by atoms with Crippen molar-refractivity contribution >= 4 is 22.5 Å². The highest BCUT2D eigenvalue weighted by Crippen LogP contribution is 2.63. The average molecular weight is 352 g/mol. The molecule has 0 saturated heterocycles. The number of rotatable bonds is 3. The van der Waals surface area contributed by atoms with Gasteiger partial charge in [-0.2, -0.15) is 10.2 Å². The normalized spacial score (nSPS) is 28.0. The van der Waals surface area contributed by atoms with Crippen LogP contribution in [0.5, 0.6) is 0 Å². The van der Waals surface area contributed by atoms with Crippen LogP contribution in [-0.2, 0) is 11.3 Å². The zero-order valence-electron chi connectivity index (χ0n) is 15.5. The lowest BCUT2D eigenvalue weighted by Gasteiger charge is -2.34. The van der Waals surface area contributed by atoms with Crippen molar-refractivity contribution in [2.24, 2.45) is 21.8 Å². The molecule has 1 aromatic heterocycles. The topological polar surface area (TPSA) is 76.3 Å². The maximum atomic E-state index is 12.4. The minimum atomic E-state index is -0.233. The Balaban J connectivity index is 1.53. The average Bonchev–Trinajstić information content (AvgIpc) is 2.96. The number of hydrogen-bond donors (Lipinski definition) is 1. The van der Waals surface area contributed by atoms with Crippen molar-refractivity contribution in [3.63, 3.8) is 0 Å². The fourth-order valence-corrected chi connectivity index (χ4v) is 4.69. The molecule has 2 bridgehead atoms. The molecule has 0 aliphatic heterocycles. The lowest BCUT2D eigenvalue weighted by atomic mass is 9.70. The molecule has 0 radical (unpaired) electrons. The van der Waals surface area contributed by atoms with E-state index in [-0.39, 0.29) is 28.7 Å². The van der Waals surface area contributed by atoms with Gasteiger partial charge >= 0.3 is 0 Å². The number of carbonyl (C=O) groups excluding carboxylic acids is 1. The third-order valence-corrected chi connectivity index (χ3v) is 6.88. The molecule has 6 nitrogen and oxygen atoms in total. The Labute approximate surface area is 152 Å². The fourth-order valence-electron chi connectivity index (χ4n) is 4.69. The Hall–Kier alpha value is -2.50. The van der Waals surface area contributed by atoms with Crippen LogP contribution in [0.25, 0.3) is 10.9 Å². The van der Waals surface area contributed by atoms with Crippen LogP contribution >= 0.6 is 0 Å². The van der Waals surface area contributed by atoms with Gasteiger partial charge in [0.25, 0.3) is 5.91 Å². The van der Waals surface area contributed by atoms with E-state index in [9.17, 15) is 9.59 Å². The molecule has 26 heavy (non-hydrogen) atoms. The van der Waals surface area contributed by atoms with Crippen LogP contribution in [0, 0.1) is 16.7 Å². The Morgan fingerprint density at radius 3 is 2.81 bits per heavy atom. The van der Waals surface area contributed by atoms with E-state index in [2.05, 4.69) is 36.4 Å². The van der Waals surface area contributed by atoms with Gasteiger partial charge in [-0.1, -0.05) is 32.9 Å². The zero-order chi connectivity index (χ0) is 18.5. The first kappa shape index (κ1) is 16.9. The van der Waals surface area contributed by atoms with Crippen molar-refractivity contribution in [2.75, 3.05) is 0 Å². The summed E-state index contributed by atoms with van der Waals surface area (Å²) >= 11 is 0. The highest BCUT2D eigenvalue weighted by atomic mass is 16.2. The number of nitrogens with one attached hydrogen (secondary N) is 1. The molecular formula is C20H24N4O2. The predicted molar refractivity (Wildman–Crippen MR) is 101 cm³/mol. The van der Waals surface area contributed by atoms with Crippen LogP contribution in [-0.4, -0.2) is 21.4 Å². The van der Waals surface area contributed by atoms with Crippen LogP contribution in [0.3, 0.4) is 0 Å². The molecule has 2 aliphatic rings. The van der Waals surface area contributed by atoms with E-state index in [0.29, 0.717) is 16.8 Å². The summed E-state index contributed by atoms with van der Waals surface area (Å²) in [6.07, 6.45) is 4.58. The standard InChI is InChI=1S/C20H24N4O2/c1-19(2)13-8-9-20(19,3)17(10-13)22-23-18(26)12-24-15-7-5-4-6-14(15)16(25)11-21-24/h4-7,11,13H,8-10,12H2,1-3H3,(H,23,26)/b22-17+/t13-,20+/m0/s1. The first-order valence-electron chi connectivity index (χ1n) is 9.14. The maximum absolute atomic E-state index is 12.4. The number of nitrogens with zero attached hydrogens (tertiary/aromatic N) is 3. The van der Waals surface area contributed by atoms with Crippen molar-refractivity contribution in [3.8, 4) is 0 Å². The first-order valence-corrected chi connectivity index (χ1v) is 9.14. The number of para-hydroxylation sites is 1. The van der Waals surface area contributed by atoms with Gasteiger partial charge in [-0.05, 0) is 42.7 Å². The fraction of sp³-hybridized carbons (Fsp3) is 0.500. The summed E-state index contributed by atoms with van der Waals surface area (Å²) in [6, 6.07) is 7.17. The number of fused-ring (bicyclic) bond motifs is 3. The Morgan fingerprint density at radius 1 is 1.35 bits per heavy atom. The minimum Gasteiger partial charge on any atom is -0.287 e. The molecule has 1 heterocycles. The van der Waals surface area contributed by atoms with E-state index >= 15 is 0 Å². The van der Waals surface area contributed by atoms with Crippen molar-refractivity contribution in [3.05, 3.63) is 40.7 Å². The van der Waals surface area contributed by atoms with Gasteiger partial charge in [0.15, 0.2) is 0 Å². The Morgan fingerprint density at radius 2 is 2.12 bits per heavy atom. The molecule has 2 atom stereocenters. The summed E-state index contributed by atoms with van der Waals surface area (Å²) in [4.78, 5) is 24.3. The lowest BCUT2D eigenvalue weighted by Crippen LogP contribution is -2.34. The number of benzene rings is 1. The van der Waals surface area contributed by atoms with E-state index in [4.69, 9.17) is 0 Å². The first-order chi connectivity index (χ1) is 12.3. The smallest absolute Gasteiger partial charge is 0.261 e. The van der Waals surface area contributed by atoms with Crippen LogP contribution in [0.4, 0.5) is 0 Å². The molecule has 1 amide bonds. The van der Waals surface area contributed by atoms with Gasteiger partial charge in [0.05, 0.1) is 11.7 Å². The SMILES string of the molecule is CC1(C)[C@H]2CC[C@]1(C)/C(=N/NC(=O)Cn1ncc(=O)c3ccccc31)C2. The van der Waals surface area contributed by atoms with E-state index in [1.807, 2.05) is 6.07 Å². The molecular weight excluding hydrogens is 328 g/mol. The molecule has 2 fully saturated rings. The van der Waals surface area contributed by atoms with Gasteiger partial charge in [0.1, 0.15) is 6.54 Å². The van der Waals surface area contributed by atoms with E-state index in [1.165, 1.54) is 12.6 Å². The predicted octanol–water partition coefficient (Wildman–Crippen LogP) is 2.71. The Kier molecular flexibility index (Phi) is 3.75. The quantitative estimate of drug-likeness (QED) is 0.863. The number of hydrogen-bond acceptors (Lipinski definition) is 4. The molecule has 4 rings (SSSR count). The van der Waals surface area contributed by atoms with Crippen molar-refractivity contribution in [1.29, 1.82) is 0 Å². The number of aromatic nitrogens is 2. The second-order valence-corrected chi connectivity index (χ2v) is 8.27. The van der Waals surface area contributed by atoms with Crippen LogP contribution in [0.1, 0.15) is 40.0 Å².